The topological polar surface area (TPSA) is 0 Å². The first-order valence-electron chi connectivity index (χ1n) is 4.95. The molecule has 0 amide bonds. The Morgan fingerprint density at radius 2 is 1.46 bits per heavy atom. The second-order valence-corrected chi connectivity index (χ2v) is 5.27. The van der Waals surface area contributed by atoms with Gasteiger partial charge in [-0.1, -0.05) is 12.2 Å². The molecular formula is C11H22S2. The summed E-state index contributed by atoms with van der Waals surface area (Å²) in [6.07, 6.45) is 10.8. The number of hydrogen-bond acceptors (Lipinski definition) is 2. The smallest absolute Gasteiger partial charge is 0.00673 e. The van der Waals surface area contributed by atoms with E-state index in [-0.39, 0.29) is 0 Å². The van der Waals surface area contributed by atoms with E-state index in [0.717, 1.165) is 0 Å². The number of rotatable bonds is 9. The molecule has 0 aromatic carbocycles. The van der Waals surface area contributed by atoms with E-state index in [1.54, 1.807) is 0 Å². The summed E-state index contributed by atoms with van der Waals surface area (Å²) in [7, 11) is 0. The van der Waals surface area contributed by atoms with Crippen molar-refractivity contribution in [1.29, 1.82) is 0 Å². The average molecular weight is 218 g/mol. The zero-order valence-corrected chi connectivity index (χ0v) is 10.6. The molecule has 0 atom stereocenters. The summed E-state index contributed by atoms with van der Waals surface area (Å²) < 4.78 is 0. The zero-order chi connectivity index (χ0) is 9.94. The van der Waals surface area contributed by atoms with Gasteiger partial charge in [0, 0.05) is 0 Å². The van der Waals surface area contributed by atoms with Crippen molar-refractivity contribution in [1.82, 2.24) is 0 Å². The van der Waals surface area contributed by atoms with Crippen LogP contribution in [0.5, 0.6) is 0 Å². The Labute approximate surface area is 91.9 Å². The SMILES string of the molecule is C=C(CCCCSC)CCCSC. The maximum atomic E-state index is 4.11. The third kappa shape index (κ3) is 10.4. The molecule has 0 bridgehead atoms. The molecule has 2 heteroatoms. The van der Waals surface area contributed by atoms with Crippen LogP contribution in [-0.4, -0.2) is 24.0 Å². The van der Waals surface area contributed by atoms with Gasteiger partial charge in [-0.05, 0) is 56.1 Å². The van der Waals surface area contributed by atoms with Crippen LogP contribution in [0.4, 0.5) is 0 Å². The van der Waals surface area contributed by atoms with Crippen LogP contribution >= 0.6 is 23.5 Å². The van der Waals surface area contributed by atoms with Crippen molar-refractivity contribution < 1.29 is 0 Å². The highest BCUT2D eigenvalue weighted by molar-refractivity contribution is 7.98. The highest BCUT2D eigenvalue weighted by Gasteiger charge is 1.94. The molecule has 0 heterocycles. The molecule has 0 rings (SSSR count). The summed E-state index contributed by atoms with van der Waals surface area (Å²) in [4.78, 5) is 0. The van der Waals surface area contributed by atoms with Gasteiger partial charge in [0.1, 0.15) is 0 Å². The van der Waals surface area contributed by atoms with Crippen LogP contribution in [0.25, 0.3) is 0 Å². The van der Waals surface area contributed by atoms with E-state index in [4.69, 9.17) is 0 Å². The summed E-state index contributed by atoms with van der Waals surface area (Å²) >= 11 is 3.87. The molecule has 0 saturated carbocycles. The minimum Gasteiger partial charge on any atom is -0.165 e. The lowest BCUT2D eigenvalue weighted by Gasteiger charge is -2.04. The lowest BCUT2D eigenvalue weighted by atomic mass is 10.1. The number of hydrogen-bond donors (Lipinski definition) is 0. The molecule has 0 aliphatic rings. The van der Waals surface area contributed by atoms with E-state index >= 15 is 0 Å². The Kier molecular flexibility index (Phi) is 10.9. The van der Waals surface area contributed by atoms with Crippen molar-refractivity contribution >= 4 is 23.5 Å². The maximum Gasteiger partial charge on any atom is -0.00673 e. The van der Waals surface area contributed by atoms with Crippen LogP contribution < -0.4 is 0 Å². The van der Waals surface area contributed by atoms with Crippen molar-refractivity contribution in [3.8, 4) is 0 Å². The number of thioether (sulfide) groups is 2. The Hall–Kier alpha value is 0.440. The summed E-state index contributed by atoms with van der Waals surface area (Å²) in [5.74, 6) is 2.59. The summed E-state index contributed by atoms with van der Waals surface area (Å²) in [5.41, 5.74) is 1.45. The minimum atomic E-state index is 1.24. The van der Waals surface area contributed by atoms with Gasteiger partial charge >= 0.3 is 0 Å². The van der Waals surface area contributed by atoms with Gasteiger partial charge in [-0.3, -0.25) is 0 Å². The summed E-state index contributed by atoms with van der Waals surface area (Å²) in [6, 6.07) is 0. The van der Waals surface area contributed by atoms with Gasteiger partial charge in [-0.2, -0.15) is 23.5 Å². The van der Waals surface area contributed by atoms with E-state index in [9.17, 15) is 0 Å². The normalized spacial score (nSPS) is 10.3. The van der Waals surface area contributed by atoms with Crippen LogP contribution in [0.15, 0.2) is 12.2 Å². The first kappa shape index (κ1) is 13.4. The van der Waals surface area contributed by atoms with Crippen LogP contribution in [0.3, 0.4) is 0 Å². The molecule has 0 aliphatic heterocycles. The molecule has 0 spiro atoms. The molecule has 13 heavy (non-hydrogen) atoms. The highest BCUT2D eigenvalue weighted by atomic mass is 32.2. The molecule has 0 unspecified atom stereocenters. The molecule has 0 nitrogen and oxygen atoms in total. The quantitative estimate of drug-likeness (QED) is 0.420. The summed E-state index contributed by atoms with van der Waals surface area (Å²) in [6.45, 7) is 4.11. The predicted molar refractivity (Wildman–Crippen MR) is 69.0 cm³/mol. The lowest BCUT2D eigenvalue weighted by molar-refractivity contribution is 0.753. The molecule has 0 aromatic heterocycles. The third-order valence-corrected chi connectivity index (χ3v) is 3.40. The molecule has 78 valence electrons. The van der Waals surface area contributed by atoms with E-state index in [1.165, 1.54) is 49.2 Å². The van der Waals surface area contributed by atoms with Gasteiger partial charge < -0.3 is 0 Å². The van der Waals surface area contributed by atoms with E-state index in [2.05, 4.69) is 19.1 Å². The van der Waals surface area contributed by atoms with E-state index in [1.807, 2.05) is 23.5 Å². The first-order valence-corrected chi connectivity index (χ1v) is 7.74. The van der Waals surface area contributed by atoms with Crippen LogP contribution in [0, 0.1) is 0 Å². The van der Waals surface area contributed by atoms with E-state index < -0.39 is 0 Å². The Morgan fingerprint density at radius 3 is 2.08 bits per heavy atom. The monoisotopic (exact) mass is 218 g/mol. The largest absolute Gasteiger partial charge is 0.165 e. The van der Waals surface area contributed by atoms with Crippen molar-refractivity contribution in [2.45, 2.75) is 32.1 Å². The van der Waals surface area contributed by atoms with Crippen LogP contribution in [0.1, 0.15) is 32.1 Å². The van der Waals surface area contributed by atoms with Crippen LogP contribution in [-0.2, 0) is 0 Å². The molecule has 0 aromatic rings. The first-order chi connectivity index (χ1) is 6.31. The van der Waals surface area contributed by atoms with Gasteiger partial charge in [0.05, 0.1) is 0 Å². The molecular weight excluding hydrogens is 196 g/mol. The Morgan fingerprint density at radius 1 is 0.923 bits per heavy atom. The fourth-order valence-corrected chi connectivity index (χ4v) is 2.14. The molecule has 0 aliphatic carbocycles. The minimum absolute atomic E-state index is 1.24. The second-order valence-electron chi connectivity index (χ2n) is 3.30. The molecule has 0 fully saturated rings. The van der Waals surface area contributed by atoms with Crippen molar-refractivity contribution in [2.75, 3.05) is 24.0 Å². The van der Waals surface area contributed by atoms with Crippen molar-refractivity contribution in [3.63, 3.8) is 0 Å². The van der Waals surface area contributed by atoms with Crippen molar-refractivity contribution in [3.05, 3.63) is 12.2 Å². The molecule has 0 N–H and O–H groups in total. The van der Waals surface area contributed by atoms with Gasteiger partial charge in [0.25, 0.3) is 0 Å². The van der Waals surface area contributed by atoms with Crippen molar-refractivity contribution in [2.24, 2.45) is 0 Å². The number of unbranched alkanes of at least 4 members (excludes halogenated alkanes) is 1. The molecule has 0 saturated heterocycles. The average Bonchev–Trinajstić information content (AvgIpc) is 2.13. The summed E-state index contributed by atoms with van der Waals surface area (Å²) in [5, 5.41) is 0. The fourth-order valence-electron chi connectivity index (χ4n) is 1.21. The zero-order valence-electron chi connectivity index (χ0n) is 8.97. The Balaban J connectivity index is 3.11. The molecule has 0 radical (unpaired) electrons. The number of allylic oxidation sites excluding steroid dienone is 1. The predicted octanol–water partition coefficient (Wildman–Crippen LogP) is 4.22. The van der Waals surface area contributed by atoms with Gasteiger partial charge in [0.15, 0.2) is 0 Å². The Bertz CT molecular complexity index is 121. The standard InChI is InChI=1S/C11H22S2/c1-11(8-6-10-13-3)7-4-5-9-12-2/h1,4-10H2,2-3H3. The maximum absolute atomic E-state index is 4.11. The third-order valence-electron chi connectivity index (χ3n) is 2.01. The van der Waals surface area contributed by atoms with Gasteiger partial charge in [-0.25, -0.2) is 0 Å². The van der Waals surface area contributed by atoms with Gasteiger partial charge in [0.2, 0.25) is 0 Å². The highest BCUT2D eigenvalue weighted by Crippen LogP contribution is 2.13. The van der Waals surface area contributed by atoms with Gasteiger partial charge in [-0.15, -0.1) is 0 Å². The fraction of sp³-hybridized carbons (Fsp3) is 0.818. The second kappa shape index (κ2) is 10.5. The van der Waals surface area contributed by atoms with Crippen LogP contribution in [0.2, 0.25) is 0 Å². The van der Waals surface area contributed by atoms with E-state index in [0.29, 0.717) is 0 Å². The lowest BCUT2D eigenvalue weighted by Crippen LogP contribution is -1.87.